The topological polar surface area (TPSA) is 26.7 Å². The van der Waals surface area contributed by atoms with Crippen molar-refractivity contribution in [1.29, 1.82) is 0 Å². The zero-order chi connectivity index (χ0) is 22.9. The number of β-amino-alcohol motifs (C(OH)–C–C–N with tert-alkyl or cyclic N) is 1. The summed E-state index contributed by atoms with van der Waals surface area (Å²) in [4.78, 5) is 4.58. The van der Waals surface area contributed by atoms with E-state index < -0.39 is 5.60 Å². The Hall–Kier alpha value is -1.46. The second kappa shape index (κ2) is 9.80. The minimum atomic E-state index is -1.03. The van der Waals surface area contributed by atoms with E-state index in [9.17, 15) is 5.11 Å². The lowest BCUT2D eigenvalue weighted by molar-refractivity contribution is 0.0103. The molecule has 1 saturated heterocycles. The number of nitrogens with zero attached hydrogens (tertiary/aromatic N) is 2. The lowest BCUT2D eigenvalue weighted by atomic mass is 9.94. The molecular formula is C25H24Cl4N2O. The summed E-state index contributed by atoms with van der Waals surface area (Å²) < 4.78 is 0. The molecule has 1 aliphatic heterocycles. The molecule has 3 nitrogen and oxygen atoms in total. The molecule has 1 fully saturated rings. The first-order valence-corrected chi connectivity index (χ1v) is 11.9. The largest absolute Gasteiger partial charge is 0.384 e. The van der Waals surface area contributed by atoms with Gasteiger partial charge in [0.2, 0.25) is 0 Å². The number of hydrogen-bond acceptors (Lipinski definition) is 3. The van der Waals surface area contributed by atoms with Crippen molar-refractivity contribution < 1.29 is 5.11 Å². The van der Waals surface area contributed by atoms with Gasteiger partial charge in [0.05, 0.1) is 22.4 Å². The highest BCUT2D eigenvalue weighted by atomic mass is 35.5. The SMILES string of the molecule is C[C@](O)(CN1CCN(c2ccc(Cl)cc2Cl)[C@H](c2ccc(Cl)cc2)C1)c1cccc(Cl)c1. The Balaban J connectivity index is 1.62. The van der Waals surface area contributed by atoms with Crippen LogP contribution in [0, 0.1) is 0 Å². The van der Waals surface area contributed by atoms with Gasteiger partial charge in [-0.15, -0.1) is 0 Å². The highest BCUT2D eigenvalue weighted by Gasteiger charge is 2.34. The third-order valence-electron chi connectivity index (χ3n) is 5.92. The Kier molecular flexibility index (Phi) is 7.26. The first kappa shape index (κ1) is 23.7. The van der Waals surface area contributed by atoms with Crippen molar-refractivity contribution in [3.63, 3.8) is 0 Å². The molecule has 1 heterocycles. The third-order valence-corrected chi connectivity index (χ3v) is 6.94. The fourth-order valence-electron chi connectivity index (χ4n) is 4.31. The Morgan fingerprint density at radius 2 is 1.56 bits per heavy atom. The average molecular weight is 510 g/mol. The van der Waals surface area contributed by atoms with Crippen LogP contribution < -0.4 is 4.90 Å². The maximum Gasteiger partial charge on any atom is 0.0995 e. The monoisotopic (exact) mass is 508 g/mol. The molecule has 1 N–H and O–H groups in total. The number of rotatable bonds is 5. The number of anilines is 1. The Morgan fingerprint density at radius 1 is 0.875 bits per heavy atom. The van der Waals surface area contributed by atoms with Crippen LogP contribution in [-0.2, 0) is 5.60 Å². The number of benzene rings is 3. The van der Waals surface area contributed by atoms with E-state index in [0.717, 1.165) is 36.4 Å². The molecule has 0 unspecified atom stereocenters. The molecular weight excluding hydrogens is 486 g/mol. The minimum Gasteiger partial charge on any atom is -0.384 e. The predicted octanol–water partition coefficient (Wildman–Crippen LogP) is 7.07. The fourth-order valence-corrected chi connectivity index (χ4v) is 5.14. The maximum absolute atomic E-state index is 11.2. The van der Waals surface area contributed by atoms with Gasteiger partial charge in [-0.05, 0) is 60.5 Å². The second-order valence-electron chi connectivity index (χ2n) is 8.38. The summed E-state index contributed by atoms with van der Waals surface area (Å²) in [6, 6.07) is 20.9. The van der Waals surface area contributed by atoms with E-state index in [-0.39, 0.29) is 6.04 Å². The van der Waals surface area contributed by atoms with Gasteiger partial charge < -0.3 is 10.0 Å². The smallest absolute Gasteiger partial charge is 0.0995 e. The van der Waals surface area contributed by atoms with Crippen LogP contribution in [0.5, 0.6) is 0 Å². The molecule has 4 rings (SSSR count). The second-order valence-corrected chi connectivity index (χ2v) is 10.1. The van der Waals surface area contributed by atoms with E-state index in [1.54, 1.807) is 6.07 Å². The van der Waals surface area contributed by atoms with Gasteiger partial charge in [-0.25, -0.2) is 0 Å². The summed E-state index contributed by atoms with van der Waals surface area (Å²) in [6.45, 7) is 4.56. The zero-order valence-electron chi connectivity index (χ0n) is 17.6. The molecule has 0 amide bonds. The van der Waals surface area contributed by atoms with Crippen molar-refractivity contribution in [2.45, 2.75) is 18.6 Å². The van der Waals surface area contributed by atoms with Gasteiger partial charge in [0, 0.05) is 41.2 Å². The molecule has 32 heavy (non-hydrogen) atoms. The lowest BCUT2D eigenvalue weighted by Crippen LogP contribution is -2.52. The van der Waals surface area contributed by atoms with Crippen molar-refractivity contribution in [3.8, 4) is 0 Å². The number of halogens is 4. The van der Waals surface area contributed by atoms with Crippen molar-refractivity contribution in [1.82, 2.24) is 4.90 Å². The van der Waals surface area contributed by atoms with E-state index in [1.165, 1.54) is 0 Å². The molecule has 2 atom stereocenters. The van der Waals surface area contributed by atoms with E-state index in [1.807, 2.05) is 67.6 Å². The number of hydrogen-bond donors (Lipinski definition) is 1. The van der Waals surface area contributed by atoms with Crippen molar-refractivity contribution in [3.05, 3.63) is 97.9 Å². The average Bonchev–Trinajstić information content (AvgIpc) is 2.74. The highest BCUT2D eigenvalue weighted by molar-refractivity contribution is 6.36. The van der Waals surface area contributed by atoms with Crippen molar-refractivity contribution in [2.24, 2.45) is 0 Å². The van der Waals surface area contributed by atoms with Gasteiger partial charge in [-0.3, -0.25) is 4.90 Å². The first-order chi connectivity index (χ1) is 15.2. The van der Waals surface area contributed by atoms with Crippen LogP contribution in [0.3, 0.4) is 0 Å². The Morgan fingerprint density at radius 3 is 2.25 bits per heavy atom. The lowest BCUT2D eigenvalue weighted by Gasteiger charge is -2.45. The molecule has 0 saturated carbocycles. The summed E-state index contributed by atoms with van der Waals surface area (Å²) in [6.07, 6.45) is 0. The number of aliphatic hydroxyl groups is 1. The van der Waals surface area contributed by atoms with E-state index in [4.69, 9.17) is 46.4 Å². The van der Waals surface area contributed by atoms with Gasteiger partial charge in [-0.2, -0.15) is 0 Å². The van der Waals surface area contributed by atoms with Crippen LogP contribution >= 0.6 is 46.4 Å². The summed E-state index contributed by atoms with van der Waals surface area (Å²) >= 11 is 25.0. The summed E-state index contributed by atoms with van der Waals surface area (Å²) in [5.74, 6) is 0. The van der Waals surface area contributed by atoms with Crippen LogP contribution in [0.4, 0.5) is 5.69 Å². The molecule has 0 aliphatic carbocycles. The van der Waals surface area contributed by atoms with E-state index in [0.29, 0.717) is 26.6 Å². The van der Waals surface area contributed by atoms with Crippen LogP contribution in [-0.4, -0.2) is 36.2 Å². The Bertz CT molecular complexity index is 1090. The molecule has 3 aromatic rings. The van der Waals surface area contributed by atoms with Gasteiger partial charge in [0.25, 0.3) is 0 Å². The maximum atomic E-state index is 11.2. The summed E-state index contributed by atoms with van der Waals surface area (Å²) in [7, 11) is 0. The fraction of sp³-hybridized carbons (Fsp3) is 0.280. The van der Waals surface area contributed by atoms with E-state index >= 15 is 0 Å². The predicted molar refractivity (Wildman–Crippen MR) is 135 cm³/mol. The van der Waals surface area contributed by atoms with Crippen LogP contribution in [0.25, 0.3) is 0 Å². The highest BCUT2D eigenvalue weighted by Crippen LogP contribution is 2.37. The molecule has 1 aliphatic rings. The normalized spacial score (nSPS) is 19.1. The molecule has 168 valence electrons. The summed E-state index contributed by atoms with van der Waals surface area (Å²) in [5, 5.41) is 13.8. The summed E-state index contributed by atoms with van der Waals surface area (Å²) in [5.41, 5.74) is 1.84. The molecule has 3 aromatic carbocycles. The van der Waals surface area contributed by atoms with Gasteiger partial charge in [-0.1, -0.05) is 70.7 Å². The molecule has 0 aromatic heterocycles. The molecule has 0 spiro atoms. The quantitative estimate of drug-likeness (QED) is 0.398. The van der Waals surface area contributed by atoms with E-state index in [2.05, 4.69) is 9.80 Å². The zero-order valence-corrected chi connectivity index (χ0v) is 20.6. The number of piperazine rings is 1. The third kappa shape index (κ3) is 5.36. The van der Waals surface area contributed by atoms with Gasteiger partial charge >= 0.3 is 0 Å². The molecule has 0 radical (unpaired) electrons. The van der Waals surface area contributed by atoms with Crippen LogP contribution in [0.15, 0.2) is 66.7 Å². The minimum absolute atomic E-state index is 0.0369. The standard InChI is InChI=1S/C25H24Cl4N2O/c1-25(32,18-3-2-4-20(27)13-18)16-30-11-12-31(23-10-9-21(28)14-22(23)29)24(15-30)17-5-7-19(26)8-6-17/h2-10,13-14,24,32H,11-12,15-16H2,1H3/t24-,25-/m0/s1. The van der Waals surface area contributed by atoms with Crippen molar-refractivity contribution in [2.75, 3.05) is 31.1 Å². The molecule has 0 bridgehead atoms. The Labute approximate surface area is 209 Å². The van der Waals surface area contributed by atoms with Gasteiger partial charge in [0.15, 0.2) is 0 Å². The van der Waals surface area contributed by atoms with Crippen LogP contribution in [0.1, 0.15) is 24.1 Å². The molecule has 7 heteroatoms. The van der Waals surface area contributed by atoms with Crippen molar-refractivity contribution >= 4 is 52.1 Å². The first-order valence-electron chi connectivity index (χ1n) is 10.4. The van der Waals surface area contributed by atoms with Gasteiger partial charge in [0.1, 0.15) is 0 Å². The van der Waals surface area contributed by atoms with Crippen LogP contribution in [0.2, 0.25) is 20.1 Å².